The lowest BCUT2D eigenvalue weighted by molar-refractivity contribution is 0.249. The van der Waals surface area contributed by atoms with Gasteiger partial charge in [-0.25, -0.2) is 0 Å². The highest BCUT2D eigenvalue weighted by molar-refractivity contribution is 5.68. The molecule has 0 amide bonds. The van der Waals surface area contributed by atoms with Crippen LogP contribution < -0.4 is 4.90 Å². The van der Waals surface area contributed by atoms with Crippen molar-refractivity contribution < 1.29 is 0 Å². The molecule has 7 nitrogen and oxygen atoms in total. The molecule has 0 aromatic carbocycles. The first-order valence-corrected chi connectivity index (χ1v) is 8.39. The first kappa shape index (κ1) is 15.0. The van der Waals surface area contributed by atoms with Crippen LogP contribution in [0.3, 0.4) is 0 Å². The van der Waals surface area contributed by atoms with Crippen LogP contribution in [0.25, 0.3) is 5.65 Å². The van der Waals surface area contributed by atoms with Crippen molar-refractivity contribution in [2.75, 3.05) is 31.1 Å². The van der Waals surface area contributed by atoms with Gasteiger partial charge in [0.05, 0.1) is 11.4 Å². The largest absolute Gasteiger partial charge is 0.366 e. The summed E-state index contributed by atoms with van der Waals surface area (Å²) in [6.45, 7) is 7.09. The van der Waals surface area contributed by atoms with Gasteiger partial charge in [0.25, 0.3) is 0 Å². The molecule has 0 saturated carbocycles. The van der Waals surface area contributed by atoms with E-state index >= 15 is 0 Å². The van der Waals surface area contributed by atoms with Crippen molar-refractivity contribution in [3.63, 3.8) is 0 Å². The van der Waals surface area contributed by atoms with E-state index in [9.17, 15) is 0 Å². The molecule has 4 rings (SSSR count). The molecule has 24 heavy (non-hydrogen) atoms. The average Bonchev–Trinajstić information content (AvgIpc) is 3.11. The number of piperazine rings is 1. The molecule has 3 aromatic heterocycles. The molecule has 1 aliphatic heterocycles. The lowest BCUT2D eigenvalue weighted by Gasteiger charge is -2.36. The van der Waals surface area contributed by atoms with Crippen molar-refractivity contribution in [2.24, 2.45) is 0 Å². The van der Waals surface area contributed by atoms with E-state index in [1.165, 1.54) is 5.56 Å². The fraction of sp³-hybridized carbons (Fsp3) is 0.412. The summed E-state index contributed by atoms with van der Waals surface area (Å²) in [4.78, 5) is 9.06. The number of pyridine rings is 1. The van der Waals surface area contributed by atoms with Crippen molar-refractivity contribution in [1.82, 2.24) is 29.7 Å². The smallest absolute Gasteiger partial charge is 0.200 e. The number of anilines is 1. The summed E-state index contributed by atoms with van der Waals surface area (Å²) in [7, 11) is 0. The number of hydrogen-bond acceptors (Lipinski definition) is 6. The summed E-state index contributed by atoms with van der Waals surface area (Å²) in [6.07, 6.45) is 6.35. The molecule has 1 fully saturated rings. The number of hydrogen-bond donors (Lipinski definition) is 0. The summed E-state index contributed by atoms with van der Waals surface area (Å²) in [5.74, 6) is 0. The van der Waals surface area contributed by atoms with Gasteiger partial charge in [0.1, 0.15) is 6.33 Å². The normalized spacial score (nSPS) is 16.0. The Kier molecular flexibility index (Phi) is 4.08. The standard InChI is InChI=1S/C17H21N7/c1-2-15-10-16(17-20-19-13-24(17)21-15)23-8-6-22(7-9-23)12-14-4-3-5-18-11-14/h3-5,10-11,13H,2,6-9,12H2,1H3. The molecule has 124 valence electrons. The van der Waals surface area contributed by atoms with Crippen molar-refractivity contribution >= 4 is 11.3 Å². The predicted molar refractivity (Wildman–Crippen MR) is 91.9 cm³/mol. The molecule has 0 radical (unpaired) electrons. The van der Waals surface area contributed by atoms with E-state index in [1.807, 2.05) is 18.5 Å². The molecule has 0 spiro atoms. The summed E-state index contributed by atoms with van der Waals surface area (Å²) >= 11 is 0. The van der Waals surface area contributed by atoms with Crippen LogP contribution in [0.15, 0.2) is 36.9 Å². The summed E-state index contributed by atoms with van der Waals surface area (Å²) in [6, 6.07) is 6.28. The Bertz CT molecular complexity index is 806. The second-order valence-electron chi connectivity index (χ2n) is 6.10. The Labute approximate surface area is 140 Å². The number of rotatable bonds is 4. The fourth-order valence-electron chi connectivity index (χ4n) is 3.16. The molecule has 0 bridgehead atoms. The maximum atomic E-state index is 4.53. The van der Waals surface area contributed by atoms with Crippen LogP contribution in [-0.4, -0.2) is 55.9 Å². The lowest BCUT2D eigenvalue weighted by atomic mass is 10.2. The van der Waals surface area contributed by atoms with Crippen LogP contribution in [0.5, 0.6) is 0 Å². The highest BCUT2D eigenvalue weighted by Gasteiger charge is 2.20. The van der Waals surface area contributed by atoms with Gasteiger partial charge in [0.2, 0.25) is 5.65 Å². The van der Waals surface area contributed by atoms with E-state index < -0.39 is 0 Å². The maximum Gasteiger partial charge on any atom is 0.200 e. The molecule has 0 unspecified atom stereocenters. The van der Waals surface area contributed by atoms with Gasteiger partial charge in [0.15, 0.2) is 0 Å². The topological polar surface area (TPSA) is 62.5 Å². The molecular formula is C17H21N7. The molecule has 0 atom stereocenters. The molecule has 7 heteroatoms. The predicted octanol–water partition coefficient (Wildman–Crippen LogP) is 1.40. The highest BCUT2D eigenvalue weighted by atomic mass is 15.4. The minimum absolute atomic E-state index is 0.841. The quantitative estimate of drug-likeness (QED) is 0.723. The monoisotopic (exact) mass is 323 g/mol. The van der Waals surface area contributed by atoms with Crippen LogP contribution in [-0.2, 0) is 13.0 Å². The zero-order chi connectivity index (χ0) is 16.4. The van der Waals surface area contributed by atoms with Crippen LogP contribution >= 0.6 is 0 Å². The SMILES string of the molecule is CCc1cc(N2CCN(Cc3cccnc3)CC2)c2nncn2n1. The molecule has 0 N–H and O–H groups in total. The zero-order valence-corrected chi connectivity index (χ0v) is 13.8. The number of aryl methyl sites for hydroxylation is 1. The van der Waals surface area contributed by atoms with Crippen molar-refractivity contribution in [3.8, 4) is 0 Å². The van der Waals surface area contributed by atoms with Gasteiger partial charge < -0.3 is 4.90 Å². The van der Waals surface area contributed by atoms with Crippen LogP contribution in [0, 0.1) is 0 Å². The third-order valence-corrected chi connectivity index (χ3v) is 4.50. The molecule has 4 heterocycles. The first-order valence-electron chi connectivity index (χ1n) is 8.39. The summed E-state index contributed by atoms with van der Waals surface area (Å²) in [5, 5.41) is 12.8. The first-order chi connectivity index (χ1) is 11.8. The minimum atomic E-state index is 0.841. The molecule has 0 aliphatic carbocycles. The van der Waals surface area contributed by atoms with Crippen LogP contribution in [0.2, 0.25) is 0 Å². The minimum Gasteiger partial charge on any atom is -0.366 e. The van der Waals surface area contributed by atoms with E-state index in [1.54, 1.807) is 10.8 Å². The van der Waals surface area contributed by atoms with Crippen molar-refractivity contribution in [2.45, 2.75) is 19.9 Å². The fourth-order valence-corrected chi connectivity index (χ4v) is 3.16. The van der Waals surface area contributed by atoms with E-state index in [2.05, 4.69) is 49.1 Å². The van der Waals surface area contributed by atoms with Gasteiger partial charge in [-0.1, -0.05) is 13.0 Å². The van der Waals surface area contributed by atoms with E-state index in [0.29, 0.717) is 0 Å². The van der Waals surface area contributed by atoms with Crippen molar-refractivity contribution in [3.05, 3.63) is 48.2 Å². The average molecular weight is 323 g/mol. The Balaban J connectivity index is 1.49. The summed E-state index contributed by atoms with van der Waals surface area (Å²) in [5.41, 5.74) is 4.31. The zero-order valence-electron chi connectivity index (χ0n) is 13.8. The van der Waals surface area contributed by atoms with Gasteiger partial charge in [0, 0.05) is 45.1 Å². The van der Waals surface area contributed by atoms with E-state index in [0.717, 1.165) is 56.2 Å². The Morgan fingerprint density at radius 2 is 2.04 bits per heavy atom. The molecule has 1 aliphatic rings. The number of fused-ring (bicyclic) bond motifs is 1. The highest BCUT2D eigenvalue weighted by Crippen LogP contribution is 2.22. The Morgan fingerprint density at radius 3 is 2.79 bits per heavy atom. The number of aromatic nitrogens is 5. The van der Waals surface area contributed by atoms with E-state index in [-0.39, 0.29) is 0 Å². The summed E-state index contributed by atoms with van der Waals surface area (Å²) < 4.78 is 1.79. The lowest BCUT2D eigenvalue weighted by Crippen LogP contribution is -2.46. The van der Waals surface area contributed by atoms with Gasteiger partial charge in [-0.2, -0.15) is 9.61 Å². The number of nitrogens with zero attached hydrogens (tertiary/aromatic N) is 7. The van der Waals surface area contributed by atoms with Crippen LogP contribution in [0.1, 0.15) is 18.2 Å². The third-order valence-electron chi connectivity index (χ3n) is 4.50. The van der Waals surface area contributed by atoms with Crippen LogP contribution in [0.4, 0.5) is 5.69 Å². The molecule has 3 aromatic rings. The molecule has 1 saturated heterocycles. The second kappa shape index (κ2) is 6.52. The second-order valence-corrected chi connectivity index (χ2v) is 6.10. The van der Waals surface area contributed by atoms with E-state index in [4.69, 9.17) is 0 Å². The maximum absolute atomic E-state index is 4.53. The van der Waals surface area contributed by atoms with Gasteiger partial charge in [-0.3, -0.25) is 9.88 Å². The van der Waals surface area contributed by atoms with Gasteiger partial charge in [-0.15, -0.1) is 10.2 Å². The third kappa shape index (κ3) is 2.94. The molecular weight excluding hydrogens is 302 g/mol. The van der Waals surface area contributed by atoms with Crippen molar-refractivity contribution in [1.29, 1.82) is 0 Å². The Morgan fingerprint density at radius 1 is 1.17 bits per heavy atom. The van der Waals surface area contributed by atoms with Gasteiger partial charge in [-0.05, 0) is 24.1 Å². The Hall–Kier alpha value is -2.54. The van der Waals surface area contributed by atoms with Gasteiger partial charge >= 0.3 is 0 Å².